The molecule has 1 atom stereocenters. The number of amides is 1. The van der Waals surface area contributed by atoms with Crippen LogP contribution < -0.4 is 4.74 Å². The van der Waals surface area contributed by atoms with E-state index in [0.717, 1.165) is 32.3 Å². The minimum Gasteiger partial charge on any atom is -0.483 e. The predicted molar refractivity (Wildman–Crippen MR) is 116 cm³/mol. The zero-order valence-corrected chi connectivity index (χ0v) is 17.0. The Bertz CT molecular complexity index is 1170. The summed E-state index contributed by atoms with van der Waals surface area (Å²) in [5, 5.41) is 2.64. The molecule has 0 aliphatic rings. The first-order chi connectivity index (χ1) is 14.1. The Hall–Kier alpha value is -3.25. The SMILES string of the molecule is C[C@@H](c1nc2ccccc2s1)N(C)C(=O)COc1ccc2ccccc2c1C=O. The van der Waals surface area contributed by atoms with Crippen LogP contribution in [-0.2, 0) is 4.79 Å². The van der Waals surface area contributed by atoms with Gasteiger partial charge in [0.25, 0.3) is 5.91 Å². The van der Waals surface area contributed by atoms with Crippen molar-refractivity contribution in [2.45, 2.75) is 13.0 Å². The summed E-state index contributed by atoms with van der Waals surface area (Å²) in [5.74, 6) is 0.231. The summed E-state index contributed by atoms with van der Waals surface area (Å²) >= 11 is 1.58. The van der Waals surface area contributed by atoms with Gasteiger partial charge in [0.15, 0.2) is 12.9 Å². The zero-order valence-electron chi connectivity index (χ0n) is 16.2. The van der Waals surface area contributed by atoms with Crippen molar-refractivity contribution in [2.24, 2.45) is 0 Å². The third kappa shape index (κ3) is 3.71. The highest BCUT2D eigenvalue weighted by Crippen LogP contribution is 2.29. The third-order valence-corrected chi connectivity index (χ3v) is 6.25. The number of aldehydes is 1. The monoisotopic (exact) mass is 404 g/mol. The number of benzene rings is 3. The van der Waals surface area contributed by atoms with Crippen molar-refractivity contribution in [3.63, 3.8) is 0 Å². The molecular weight excluding hydrogens is 384 g/mol. The summed E-state index contributed by atoms with van der Waals surface area (Å²) in [7, 11) is 1.74. The van der Waals surface area contributed by atoms with Crippen LogP contribution in [0.25, 0.3) is 21.0 Å². The molecule has 0 saturated carbocycles. The van der Waals surface area contributed by atoms with E-state index in [-0.39, 0.29) is 18.6 Å². The van der Waals surface area contributed by atoms with Gasteiger partial charge in [0.2, 0.25) is 0 Å². The number of fused-ring (bicyclic) bond motifs is 2. The van der Waals surface area contributed by atoms with Crippen LogP contribution in [0.3, 0.4) is 0 Å². The van der Waals surface area contributed by atoms with Crippen LogP contribution in [-0.4, -0.2) is 35.7 Å². The van der Waals surface area contributed by atoms with Gasteiger partial charge in [-0.25, -0.2) is 4.98 Å². The standard InChI is InChI=1S/C23H20N2O3S/c1-15(23-24-19-9-5-6-10-21(19)29-23)25(2)22(27)14-28-20-12-11-16-7-3-4-8-17(16)18(20)13-26/h3-13,15H,14H2,1-2H3/t15-/m0/s1. The third-order valence-electron chi connectivity index (χ3n) is 5.04. The fourth-order valence-corrected chi connectivity index (χ4v) is 4.28. The molecule has 3 aromatic carbocycles. The van der Waals surface area contributed by atoms with Gasteiger partial charge in [-0.3, -0.25) is 9.59 Å². The molecule has 29 heavy (non-hydrogen) atoms. The number of carbonyl (C=O) groups is 2. The van der Waals surface area contributed by atoms with Crippen LogP contribution >= 0.6 is 11.3 Å². The molecule has 0 bridgehead atoms. The first kappa shape index (κ1) is 19.1. The lowest BCUT2D eigenvalue weighted by atomic mass is 10.0. The molecule has 0 aliphatic carbocycles. The van der Waals surface area contributed by atoms with Gasteiger partial charge in [-0.2, -0.15) is 0 Å². The van der Waals surface area contributed by atoms with Crippen LogP contribution in [0.5, 0.6) is 5.75 Å². The fourth-order valence-electron chi connectivity index (χ4n) is 3.21. The molecule has 4 rings (SSSR count). The normalized spacial score (nSPS) is 12.1. The molecule has 0 saturated heterocycles. The van der Waals surface area contributed by atoms with E-state index < -0.39 is 0 Å². The van der Waals surface area contributed by atoms with Gasteiger partial charge in [-0.15, -0.1) is 11.3 Å². The van der Waals surface area contributed by atoms with Gasteiger partial charge < -0.3 is 9.64 Å². The Morgan fingerprint density at radius 2 is 1.90 bits per heavy atom. The lowest BCUT2D eigenvalue weighted by molar-refractivity contribution is -0.134. The zero-order chi connectivity index (χ0) is 20.4. The Morgan fingerprint density at radius 3 is 2.69 bits per heavy atom. The van der Waals surface area contributed by atoms with Crippen molar-refractivity contribution in [1.82, 2.24) is 9.88 Å². The summed E-state index contributed by atoms with van der Waals surface area (Å²) in [4.78, 5) is 30.6. The Balaban J connectivity index is 1.49. The summed E-state index contributed by atoms with van der Waals surface area (Å²) in [6, 6.07) is 19.0. The quantitative estimate of drug-likeness (QED) is 0.431. The Kier molecular flexibility index (Phi) is 5.27. The van der Waals surface area contributed by atoms with Crippen molar-refractivity contribution in [3.8, 4) is 5.75 Å². The molecule has 1 amide bonds. The van der Waals surface area contributed by atoms with E-state index >= 15 is 0 Å². The van der Waals surface area contributed by atoms with Gasteiger partial charge in [0, 0.05) is 7.05 Å². The number of hydrogen-bond acceptors (Lipinski definition) is 5. The van der Waals surface area contributed by atoms with E-state index in [0.29, 0.717) is 11.3 Å². The molecule has 146 valence electrons. The van der Waals surface area contributed by atoms with Crippen LogP contribution in [0.15, 0.2) is 60.7 Å². The maximum Gasteiger partial charge on any atom is 0.260 e. The second kappa shape index (κ2) is 8.01. The van der Waals surface area contributed by atoms with E-state index in [4.69, 9.17) is 4.74 Å². The van der Waals surface area contributed by atoms with Crippen molar-refractivity contribution in [2.75, 3.05) is 13.7 Å². The minimum absolute atomic E-state index is 0.148. The average molecular weight is 404 g/mol. The lowest BCUT2D eigenvalue weighted by Crippen LogP contribution is -2.33. The Labute approximate surface area is 172 Å². The van der Waals surface area contributed by atoms with E-state index in [1.54, 1.807) is 29.4 Å². The summed E-state index contributed by atoms with van der Waals surface area (Å²) < 4.78 is 6.82. The maximum absolute atomic E-state index is 12.7. The molecule has 4 aromatic rings. The van der Waals surface area contributed by atoms with Crippen molar-refractivity contribution < 1.29 is 14.3 Å². The molecule has 6 heteroatoms. The molecule has 5 nitrogen and oxygen atoms in total. The molecule has 0 aliphatic heterocycles. The summed E-state index contributed by atoms with van der Waals surface area (Å²) in [5.41, 5.74) is 1.39. The van der Waals surface area contributed by atoms with Crippen LogP contribution in [0.1, 0.15) is 28.3 Å². The number of nitrogens with zero attached hydrogens (tertiary/aromatic N) is 2. The molecule has 0 N–H and O–H groups in total. The summed E-state index contributed by atoms with van der Waals surface area (Å²) in [6.45, 7) is 1.80. The fraction of sp³-hybridized carbons (Fsp3) is 0.174. The average Bonchev–Trinajstić information content (AvgIpc) is 3.20. The van der Waals surface area contributed by atoms with Crippen molar-refractivity contribution in [3.05, 3.63) is 71.2 Å². The number of thiazole rings is 1. The van der Waals surface area contributed by atoms with E-state index in [1.165, 1.54) is 0 Å². The molecular formula is C23H20N2O3S. The molecule has 0 unspecified atom stereocenters. The minimum atomic E-state index is -0.179. The first-order valence-electron chi connectivity index (χ1n) is 9.29. The smallest absolute Gasteiger partial charge is 0.260 e. The van der Waals surface area contributed by atoms with Crippen LogP contribution in [0, 0.1) is 0 Å². The molecule has 1 heterocycles. The van der Waals surface area contributed by atoms with Gasteiger partial charge in [-0.05, 0) is 35.9 Å². The molecule has 0 radical (unpaired) electrons. The van der Waals surface area contributed by atoms with E-state index in [1.807, 2.05) is 61.5 Å². The van der Waals surface area contributed by atoms with Crippen LogP contribution in [0.2, 0.25) is 0 Å². The second-order valence-electron chi connectivity index (χ2n) is 6.81. The molecule has 0 fully saturated rings. The van der Waals surface area contributed by atoms with E-state index in [2.05, 4.69) is 4.98 Å². The number of rotatable bonds is 6. The highest BCUT2D eigenvalue weighted by Gasteiger charge is 2.21. The second-order valence-corrected chi connectivity index (χ2v) is 7.87. The number of ether oxygens (including phenoxy) is 1. The van der Waals surface area contributed by atoms with Gasteiger partial charge in [-0.1, -0.05) is 42.5 Å². The first-order valence-corrected chi connectivity index (χ1v) is 10.1. The number of carbonyl (C=O) groups excluding carboxylic acids is 2. The van der Waals surface area contributed by atoms with Crippen molar-refractivity contribution >= 4 is 44.5 Å². The number of para-hydroxylation sites is 1. The van der Waals surface area contributed by atoms with Crippen LogP contribution in [0.4, 0.5) is 0 Å². The van der Waals surface area contributed by atoms with Crippen molar-refractivity contribution in [1.29, 1.82) is 0 Å². The summed E-state index contributed by atoms with van der Waals surface area (Å²) in [6.07, 6.45) is 0.773. The highest BCUT2D eigenvalue weighted by atomic mass is 32.1. The van der Waals surface area contributed by atoms with E-state index in [9.17, 15) is 9.59 Å². The highest BCUT2D eigenvalue weighted by molar-refractivity contribution is 7.18. The number of likely N-dealkylation sites (N-methyl/N-ethyl adjacent to an activating group) is 1. The molecule has 1 aromatic heterocycles. The molecule has 0 spiro atoms. The number of hydrogen-bond donors (Lipinski definition) is 0. The van der Waals surface area contributed by atoms with Gasteiger partial charge in [0.1, 0.15) is 10.8 Å². The number of aromatic nitrogens is 1. The maximum atomic E-state index is 12.7. The van der Waals surface area contributed by atoms with Gasteiger partial charge >= 0.3 is 0 Å². The van der Waals surface area contributed by atoms with Gasteiger partial charge in [0.05, 0.1) is 21.8 Å². The Morgan fingerprint density at radius 1 is 1.14 bits per heavy atom. The predicted octanol–water partition coefficient (Wildman–Crippen LogP) is 4.86. The topological polar surface area (TPSA) is 59.5 Å². The largest absolute Gasteiger partial charge is 0.483 e. The lowest BCUT2D eigenvalue weighted by Gasteiger charge is -2.23.